The van der Waals surface area contributed by atoms with Gasteiger partial charge in [0, 0.05) is 11.4 Å². The Morgan fingerprint density at radius 3 is 2.65 bits per heavy atom. The number of carbonyl (C=O) groups is 1. The van der Waals surface area contributed by atoms with Crippen molar-refractivity contribution in [1.82, 2.24) is 0 Å². The molecule has 5 heteroatoms. The van der Waals surface area contributed by atoms with E-state index in [0.29, 0.717) is 16.9 Å². The fourth-order valence-electron chi connectivity index (χ4n) is 1.46. The number of nitrogens with zero attached hydrogens (tertiary/aromatic N) is 1. The Labute approximate surface area is 105 Å². The highest BCUT2D eigenvalue weighted by Gasteiger charge is 2.15. The van der Waals surface area contributed by atoms with Crippen LogP contribution in [0.25, 0.3) is 0 Å². The second kappa shape index (κ2) is 6.12. The van der Waals surface area contributed by atoms with Crippen LogP contribution < -0.4 is 4.74 Å². The molecule has 4 nitrogen and oxygen atoms in total. The van der Waals surface area contributed by atoms with Crippen LogP contribution in [0.2, 0.25) is 0 Å². The van der Waals surface area contributed by atoms with E-state index in [2.05, 4.69) is 4.74 Å². The second-order valence-corrected chi connectivity index (χ2v) is 3.59. The minimum atomic E-state index is -0.418. The molecule has 0 atom stereocenters. The summed E-state index contributed by atoms with van der Waals surface area (Å²) < 4.78 is 9.74. The first-order valence-electron chi connectivity index (χ1n) is 4.89. The fourth-order valence-corrected chi connectivity index (χ4v) is 1.61. The number of rotatable bonds is 4. The van der Waals surface area contributed by atoms with Crippen molar-refractivity contribution in [3.63, 3.8) is 0 Å². The lowest BCUT2D eigenvalue weighted by molar-refractivity contribution is -0.139. The first-order chi connectivity index (χ1) is 8.15. The van der Waals surface area contributed by atoms with E-state index in [-0.39, 0.29) is 12.3 Å². The van der Waals surface area contributed by atoms with Crippen molar-refractivity contribution in [2.75, 3.05) is 14.2 Å². The van der Waals surface area contributed by atoms with Crippen LogP contribution in [-0.4, -0.2) is 20.2 Å². The predicted octanol–water partition coefficient (Wildman–Crippen LogP) is 2.02. The third-order valence-electron chi connectivity index (χ3n) is 2.31. The first kappa shape index (κ1) is 13.3. The molecule has 0 amide bonds. The summed E-state index contributed by atoms with van der Waals surface area (Å²) >= 11 is 5.71. The van der Waals surface area contributed by atoms with Gasteiger partial charge in [-0.25, -0.2) is 0 Å². The average molecular weight is 254 g/mol. The van der Waals surface area contributed by atoms with Crippen LogP contribution >= 0.6 is 11.6 Å². The third-order valence-corrected chi connectivity index (χ3v) is 2.62. The first-order valence-corrected chi connectivity index (χ1v) is 5.42. The van der Waals surface area contributed by atoms with E-state index in [1.807, 2.05) is 6.07 Å². The number of methoxy groups -OCH3 is 2. The van der Waals surface area contributed by atoms with Gasteiger partial charge in [0.05, 0.1) is 32.3 Å². The second-order valence-electron chi connectivity index (χ2n) is 3.32. The SMILES string of the molecule is COC(=O)Cc1c(C#N)cc(CCl)cc1OC. The number of nitriles is 1. The highest BCUT2D eigenvalue weighted by molar-refractivity contribution is 6.17. The predicted molar refractivity (Wildman–Crippen MR) is 63.0 cm³/mol. The van der Waals surface area contributed by atoms with Gasteiger partial charge < -0.3 is 9.47 Å². The maximum absolute atomic E-state index is 11.3. The Bertz CT molecular complexity index is 466. The van der Waals surface area contributed by atoms with Crippen molar-refractivity contribution in [3.8, 4) is 11.8 Å². The molecule has 0 aliphatic heterocycles. The van der Waals surface area contributed by atoms with E-state index < -0.39 is 5.97 Å². The zero-order chi connectivity index (χ0) is 12.8. The maximum atomic E-state index is 11.3. The number of carbonyl (C=O) groups excluding carboxylic acids is 1. The van der Waals surface area contributed by atoms with Gasteiger partial charge in [-0.2, -0.15) is 5.26 Å². The lowest BCUT2D eigenvalue weighted by atomic mass is 10.0. The molecule has 17 heavy (non-hydrogen) atoms. The van der Waals surface area contributed by atoms with Crippen LogP contribution in [-0.2, 0) is 21.8 Å². The number of halogens is 1. The van der Waals surface area contributed by atoms with Crippen molar-refractivity contribution >= 4 is 17.6 Å². The van der Waals surface area contributed by atoms with Crippen LogP contribution in [0.1, 0.15) is 16.7 Å². The monoisotopic (exact) mass is 253 g/mol. The third kappa shape index (κ3) is 3.11. The van der Waals surface area contributed by atoms with E-state index in [1.165, 1.54) is 14.2 Å². The number of alkyl halides is 1. The molecule has 0 heterocycles. The lowest BCUT2D eigenvalue weighted by Gasteiger charge is -2.11. The van der Waals surface area contributed by atoms with Gasteiger partial charge in [0.25, 0.3) is 0 Å². The Morgan fingerprint density at radius 1 is 1.47 bits per heavy atom. The topological polar surface area (TPSA) is 59.3 Å². The number of hydrogen-bond acceptors (Lipinski definition) is 4. The van der Waals surface area contributed by atoms with Crippen molar-refractivity contribution in [3.05, 3.63) is 28.8 Å². The summed E-state index contributed by atoms with van der Waals surface area (Å²) in [7, 11) is 2.78. The van der Waals surface area contributed by atoms with Crippen molar-refractivity contribution < 1.29 is 14.3 Å². The van der Waals surface area contributed by atoms with Crippen LogP contribution in [0.3, 0.4) is 0 Å². The van der Waals surface area contributed by atoms with Crippen LogP contribution in [0, 0.1) is 11.3 Å². The van der Waals surface area contributed by atoms with Gasteiger partial charge in [0.1, 0.15) is 5.75 Å². The minimum Gasteiger partial charge on any atom is -0.496 e. The largest absolute Gasteiger partial charge is 0.496 e. The molecule has 0 spiro atoms. The summed E-state index contributed by atoms with van der Waals surface area (Å²) in [6.45, 7) is 0. The number of ether oxygens (including phenoxy) is 2. The van der Waals surface area contributed by atoms with Crippen LogP contribution in [0.5, 0.6) is 5.75 Å². The Balaban J connectivity index is 3.25. The van der Waals surface area contributed by atoms with E-state index >= 15 is 0 Å². The van der Waals surface area contributed by atoms with Gasteiger partial charge in [-0.05, 0) is 17.7 Å². The van der Waals surface area contributed by atoms with Gasteiger partial charge in [-0.15, -0.1) is 11.6 Å². The Hall–Kier alpha value is -1.73. The Kier molecular flexibility index (Phi) is 4.80. The standard InChI is InChI=1S/C12H12ClNO3/c1-16-11-4-8(6-13)3-9(7-14)10(11)5-12(15)17-2/h3-4H,5-6H2,1-2H3. The van der Waals surface area contributed by atoms with Gasteiger partial charge in [-0.1, -0.05) is 0 Å². The molecule has 0 N–H and O–H groups in total. The molecule has 0 saturated carbocycles. The normalized spacial score (nSPS) is 9.53. The highest BCUT2D eigenvalue weighted by atomic mass is 35.5. The van der Waals surface area contributed by atoms with Crippen molar-refractivity contribution in [1.29, 1.82) is 5.26 Å². The summed E-state index contributed by atoms with van der Waals surface area (Å²) in [4.78, 5) is 11.3. The summed E-state index contributed by atoms with van der Waals surface area (Å²) in [5.41, 5.74) is 1.68. The maximum Gasteiger partial charge on any atom is 0.310 e. The van der Waals surface area contributed by atoms with Crippen molar-refractivity contribution in [2.45, 2.75) is 12.3 Å². The van der Waals surface area contributed by atoms with E-state index in [4.69, 9.17) is 21.6 Å². The van der Waals surface area contributed by atoms with Gasteiger partial charge in [0.2, 0.25) is 0 Å². The smallest absolute Gasteiger partial charge is 0.310 e. The van der Waals surface area contributed by atoms with Crippen LogP contribution in [0.4, 0.5) is 0 Å². The molecule has 0 aliphatic carbocycles. The van der Waals surface area contributed by atoms with E-state index in [9.17, 15) is 4.79 Å². The van der Waals surface area contributed by atoms with E-state index in [1.54, 1.807) is 12.1 Å². The molecule has 0 fully saturated rings. The molecule has 0 bridgehead atoms. The number of esters is 1. The van der Waals surface area contributed by atoms with E-state index in [0.717, 1.165) is 5.56 Å². The molecule has 0 radical (unpaired) electrons. The zero-order valence-corrected chi connectivity index (χ0v) is 10.4. The number of benzene rings is 1. The van der Waals surface area contributed by atoms with Gasteiger partial charge in [0.15, 0.2) is 0 Å². The zero-order valence-electron chi connectivity index (χ0n) is 9.62. The highest BCUT2D eigenvalue weighted by Crippen LogP contribution is 2.26. The summed E-state index contributed by atoms with van der Waals surface area (Å²) in [6, 6.07) is 5.39. The Morgan fingerprint density at radius 2 is 2.18 bits per heavy atom. The van der Waals surface area contributed by atoms with Crippen molar-refractivity contribution in [2.24, 2.45) is 0 Å². The van der Waals surface area contributed by atoms with Gasteiger partial charge in [-0.3, -0.25) is 4.79 Å². The minimum absolute atomic E-state index is 0.00509. The summed E-state index contributed by atoms with van der Waals surface area (Å²) in [6.07, 6.45) is 0.00509. The molecule has 1 aromatic rings. The quantitative estimate of drug-likeness (QED) is 0.608. The summed E-state index contributed by atoms with van der Waals surface area (Å²) in [5, 5.41) is 9.04. The van der Waals surface area contributed by atoms with Crippen LogP contribution in [0.15, 0.2) is 12.1 Å². The number of hydrogen-bond donors (Lipinski definition) is 0. The van der Waals surface area contributed by atoms with Gasteiger partial charge >= 0.3 is 5.97 Å². The molecule has 0 saturated heterocycles. The lowest BCUT2D eigenvalue weighted by Crippen LogP contribution is -2.08. The average Bonchev–Trinajstić information content (AvgIpc) is 2.38. The molecular formula is C12H12ClNO3. The molecule has 0 unspecified atom stereocenters. The molecule has 90 valence electrons. The fraction of sp³-hybridized carbons (Fsp3) is 0.333. The molecule has 1 rings (SSSR count). The molecule has 0 aromatic heterocycles. The molecular weight excluding hydrogens is 242 g/mol. The summed E-state index contributed by atoms with van der Waals surface area (Å²) in [5.74, 6) is 0.340. The molecule has 1 aromatic carbocycles. The molecule has 0 aliphatic rings.